The van der Waals surface area contributed by atoms with Crippen molar-refractivity contribution in [3.63, 3.8) is 0 Å². The molecular weight excluding hydrogens is 412 g/mol. The lowest BCUT2D eigenvalue weighted by molar-refractivity contribution is -0.121. The maximum atomic E-state index is 13.5. The van der Waals surface area contributed by atoms with Gasteiger partial charge in [-0.15, -0.1) is 0 Å². The van der Waals surface area contributed by atoms with Crippen LogP contribution in [0.1, 0.15) is 22.8 Å². The van der Waals surface area contributed by atoms with Crippen LogP contribution in [0.25, 0.3) is 0 Å². The minimum atomic E-state index is -3.83. The van der Waals surface area contributed by atoms with Crippen molar-refractivity contribution >= 4 is 33.0 Å². The van der Waals surface area contributed by atoms with Gasteiger partial charge in [0.05, 0.1) is 15.8 Å². The molecule has 7 heteroatoms. The molecule has 1 aliphatic rings. The molecule has 1 N–H and O–H groups in total. The summed E-state index contributed by atoms with van der Waals surface area (Å²) in [5.41, 5.74) is 2.32. The minimum absolute atomic E-state index is 0.0541. The third kappa shape index (κ3) is 4.09. The highest BCUT2D eigenvalue weighted by Gasteiger charge is 2.39. The number of hydrogen-bond donors (Lipinski definition) is 1. The third-order valence-electron chi connectivity index (χ3n) is 5.39. The zero-order valence-corrected chi connectivity index (χ0v) is 17.8. The number of aryl methyl sites for hydroxylation is 1. The zero-order valence-electron chi connectivity index (χ0n) is 17.0. The molecule has 158 valence electrons. The average Bonchev–Trinajstić information content (AvgIpc) is 2.85. The first-order chi connectivity index (χ1) is 14.9. The quantitative estimate of drug-likeness (QED) is 0.675. The number of benzene rings is 3. The van der Waals surface area contributed by atoms with Crippen molar-refractivity contribution in [3.8, 4) is 0 Å². The Morgan fingerprint density at radius 1 is 0.968 bits per heavy atom. The molecular formula is C24H22N2O4S. The van der Waals surface area contributed by atoms with E-state index in [0.717, 1.165) is 5.56 Å². The van der Waals surface area contributed by atoms with E-state index in [9.17, 15) is 18.0 Å². The molecule has 1 heterocycles. The van der Waals surface area contributed by atoms with E-state index in [4.69, 9.17) is 0 Å². The number of fused-ring (bicyclic) bond motifs is 1. The van der Waals surface area contributed by atoms with Gasteiger partial charge in [-0.05, 0) is 36.2 Å². The molecule has 3 aromatic rings. The third-order valence-corrected chi connectivity index (χ3v) is 7.54. The monoisotopic (exact) mass is 434 g/mol. The van der Waals surface area contributed by atoms with E-state index in [1.54, 1.807) is 54.6 Å². The van der Waals surface area contributed by atoms with Crippen molar-refractivity contribution in [1.82, 2.24) is 0 Å². The van der Waals surface area contributed by atoms with Gasteiger partial charge in [0.15, 0.2) is 9.84 Å². The predicted octanol–water partition coefficient (Wildman–Crippen LogP) is 3.89. The molecule has 0 aliphatic carbocycles. The standard InChI is InChI=1S/C24H22N2O4S/c1-17-9-5-6-12-19(17)25-23(27)16-26-20-13-7-8-14-21(20)31(29,30)22(15-24(26)28)18-10-3-2-4-11-18/h2-14,22H,15-16H2,1H3,(H,25,27)/t22-/m0/s1. The van der Waals surface area contributed by atoms with Crippen LogP contribution >= 0.6 is 0 Å². The lowest BCUT2D eigenvalue weighted by atomic mass is 10.1. The minimum Gasteiger partial charge on any atom is -0.324 e. The topological polar surface area (TPSA) is 83.6 Å². The summed E-state index contributed by atoms with van der Waals surface area (Å²) in [7, 11) is -3.83. The number of carbonyl (C=O) groups excluding carboxylic acids is 2. The number of anilines is 2. The molecule has 0 spiro atoms. The maximum absolute atomic E-state index is 13.5. The van der Waals surface area contributed by atoms with Crippen molar-refractivity contribution in [2.45, 2.75) is 23.5 Å². The molecule has 3 aromatic carbocycles. The Morgan fingerprint density at radius 3 is 2.35 bits per heavy atom. The Kier molecular flexibility index (Phi) is 5.61. The fraction of sp³-hybridized carbons (Fsp3) is 0.167. The summed E-state index contributed by atoms with van der Waals surface area (Å²) < 4.78 is 26.9. The lowest BCUT2D eigenvalue weighted by Crippen LogP contribution is -2.38. The van der Waals surface area contributed by atoms with Gasteiger partial charge in [-0.3, -0.25) is 9.59 Å². The Labute approximate surface area is 181 Å². The van der Waals surface area contributed by atoms with E-state index in [2.05, 4.69) is 5.32 Å². The fourth-order valence-corrected chi connectivity index (χ4v) is 5.69. The summed E-state index contributed by atoms with van der Waals surface area (Å²) in [6, 6.07) is 22.4. The molecule has 31 heavy (non-hydrogen) atoms. The summed E-state index contributed by atoms with van der Waals surface area (Å²) in [4.78, 5) is 27.3. The second-order valence-corrected chi connectivity index (χ2v) is 9.56. The van der Waals surface area contributed by atoms with Crippen LogP contribution in [0.15, 0.2) is 83.8 Å². The van der Waals surface area contributed by atoms with Gasteiger partial charge in [0.1, 0.15) is 6.54 Å². The van der Waals surface area contributed by atoms with E-state index in [1.807, 2.05) is 25.1 Å². The fourth-order valence-electron chi connectivity index (χ4n) is 3.77. The average molecular weight is 435 g/mol. The van der Waals surface area contributed by atoms with E-state index < -0.39 is 26.9 Å². The van der Waals surface area contributed by atoms with Gasteiger partial charge in [0.25, 0.3) is 0 Å². The molecule has 1 aliphatic heterocycles. The Morgan fingerprint density at radius 2 is 1.61 bits per heavy atom. The Hall–Kier alpha value is -3.45. The first kappa shape index (κ1) is 20.8. The predicted molar refractivity (Wildman–Crippen MR) is 120 cm³/mol. The van der Waals surface area contributed by atoms with Crippen LogP contribution in [-0.2, 0) is 19.4 Å². The van der Waals surface area contributed by atoms with Gasteiger partial charge in [-0.25, -0.2) is 8.42 Å². The molecule has 0 saturated heterocycles. The number of rotatable bonds is 4. The SMILES string of the molecule is Cc1ccccc1NC(=O)CN1C(=O)C[C@@H](c2ccccc2)S(=O)(=O)c2ccccc21. The molecule has 6 nitrogen and oxygen atoms in total. The molecule has 0 fully saturated rings. The number of amides is 2. The first-order valence-electron chi connectivity index (χ1n) is 9.91. The summed E-state index contributed by atoms with van der Waals surface area (Å²) in [5.74, 6) is -0.810. The van der Waals surface area contributed by atoms with Crippen LogP contribution in [0.4, 0.5) is 11.4 Å². The second-order valence-electron chi connectivity index (χ2n) is 7.46. The van der Waals surface area contributed by atoms with Crippen molar-refractivity contribution in [2.75, 3.05) is 16.8 Å². The van der Waals surface area contributed by atoms with Gasteiger partial charge in [-0.2, -0.15) is 0 Å². The van der Waals surface area contributed by atoms with Crippen molar-refractivity contribution in [2.24, 2.45) is 0 Å². The molecule has 0 aromatic heterocycles. The van der Waals surface area contributed by atoms with Crippen LogP contribution < -0.4 is 10.2 Å². The van der Waals surface area contributed by atoms with Gasteiger partial charge >= 0.3 is 0 Å². The van der Waals surface area contributed by atoms with E-state index in [1.165, 1.54) is 11.0 Å². The highest BCUT2D eigenvalue weighted by Crippen LogP contribution is 2.40. The van der Waals surface area contributed by atoms with Gasteiger partial charge < -0.3 is 10.2 Å². The number of sulfone groups is 1. The van der Waals surface area contributed by atoms with Gasteiger partial charge in [0, 0.05) is 12.1 Å². The molecule has 0 radical (unpaired) electrons. The molecule has 1 atom stereocenters. The normalized spacial score (nSPS) is 17.5. The number of para-hydroxylation sites is 2. The van der Waals surface area contributed by atoms with Crippen LogP contribution in [0.5, 0.6) is 0 Å². The van der Waals surface area contributed by atoms with Crippen LogP contribution in [0, 0.1) is 6.92 Å². The van der Waals surface area contributed by atoms with Gasteiger partial charge in [-0.1, -0.05) is 60.7 Å². The molecule has 0 saturated carbocycles. The highest BCUT2D eigenvalue weighted by molar-refractivity contribution is 7.92. The summed E-state index contributed by atoms with van der Waals surface area (Å²) in [5, 5.41) is 1.80. The van der Waals surface area contributed by atoms with Gasteiger partial charge in [0.2, 0.25) is 11.8 Å². The van der Waals surface area contributed by atoms with Crippen molar-refractivity contribution in [3.05, 3.63) is 90.0 Å². The smallest absolute Gasteiger partial charge is 0.244 e. The van der Waals surface area contributed by atoms with Crippen molar-refractivity contribution < 1.29 is 18.0 Å². The molecule has 0 unspecified atom stereocenters. The summed E-state index contributed by atoms with van der Waals surface area (Å²) in [6.45, 7) is 1.60. The molecule has 4 rings (SSSR count). The number of nitrogens with one attached hydrogen (secondary N) is 1. The first-order valence-corrected chi connectivity index (χ1v) is 11.5. The van der Waals surface area contributed by atoms with Crippen LogP contribution in [0.2, 0.25) is 0 Å². The number of carbonyl (C=O) groups is 2. The van der Waals surface area contributed by atoms with E-state index in [-0.39, 0.29) is 23.5 Å². The number of hydrogen-bond acceptors (Lipinski definition) is 4. The maximum Gasteiger partial charge on any atom is 0.244 e. The zero-order chi connectivity index (χ0) is 22.0. The summed E-state index contributed by atoms with van der Waals surface area (Å²) >= 11 is 0. The number of nitrogens with zero attached hydrogens (tertiary/aromatic N) is 1. The molecule has 0 bridgehead atoms. The van der Waals surface area contributed by atoms with Crippen molar-refractivity contribution in [1.29, 1.82) is 0 Å². The summed E-state index contributed by atoms with van der Waals surface area (Å²) in [6.07, 6.45) is -0.237. The lowest BCUT2D eigenvalue weighted by Gasteiger charge is -2.22. The second kappa shape index (κ2) is 8.35. The van der Waals surface area contributed by atoms with E-state index in [0.29, 0.717) is 11.3 Å². The Bertz CT molecular complexity index is 1240. The molecule has 2 amide bonds. The highest BCUT2D eigenvalue weighted by atomic mass is 32.2. The van der Waals surface area contributed by atoms with Crippen LogP contribution in [-0.4, -0.2) is 26.8 Å². The largest absolute Gasteiger partial charge is 0.324 e. The van der Waals surface area contributed by atoms with Crippen LogP contribution in [0.3, 0.4) is 0 Å². The van der Waals surface area contributed by atoms with E-state index >= 15 is 0 Å². The Balaban J connectivity index is 1.71.